The largest absolute Gasteiger partial charge is 0.476 e. The molecule has 4 atom stereocenters. The van der Waals surface area contributed by atoms with E-state index in [2.05, 4.69) is 17.1 Å². The number of rotatable bonds is 3. The van der Waals surface area contributed by atoms with Gasteiger partial charge < -0.3 is 15.6 Å². The predicted octanol–water partition coefficient (Wildman–Crippen LogP) is 3.06. The van der Waals surface area contributed by atoms with Gasteiger partial charge in [-0.3, -0.25) is 4.98 Å². The van der Waals surface area contributed by atoms with Crippen LogP contribution in [0.3, 0.4) is 0 Å². The lowest BCUT2D eigenvalue weighted by Gasteiger charge is -2.41. The Labute approximate surface area is 180 Å². The highest BCUT2D eigenvalue weighted by Crippen LogP contribution is 2.68. The fraction of sp³-hybridized carbons (Fsp3) is 0.240. The average molecular weight is 408 g/mol. The molecule has 0 spiro atoms. The zero-order valence-corrected chi connectivity index (χ0v) is 16.7. The maximum Gasteiger partial charge on any atom is 0.175 e. The van der Waals surface area contributed by atoms with Gasteiger partial charge in [-0.1, -0.05) is 42.5 Å². The van der Waals surface area contributed by atoms with Crippen LogP contribution in [0.25, 0.3) is 0 Å². The number of fused-ring (bicyclic) bond motifs is 3. The lowest BCUT2D eigenvalue weighted by atomic mass is 9.71. The van der Waals surface area contributed by atoms with Crippen molar-refractivity contribution in [3.8, 4) is 17.9 Å². The maximum absolute atomic E-state index is 12.4. The molecule has 5 rings (SSSR count). The molecule has 3 aromatic rings. The number of aliphatic hydroxyl groups is 1. The molecule has 6 nitrogen and oxygen atoms in total. The smallest absolute Gasteiger partial charge is 0.175 e. The van der Waals surface area contributed by atoms with Crippen molar-refractivity contribution in [3.05, 3.63) is 94.8 Å². The topological polar surface area (TPSA) is 116 Å². The first-order valence-corrected chi connectivity index (χ1v) is 10.2. The normalized spacial score (nSPS) is 28.1. The molecule has 0 bridgehead atoms. The van der Waals surface area contributed by atoms with Gasteiger partial charge in [0.05, 0.1) is 17.2 Å². The summed E-state index contributed by atoms with van der Waals surface area (Å²) in [7, 11) is 0. The van der Waals surface area contributed by atoms with Crippen molar-refractivity contribution in [2.24, 2.45) is 11.7 Å². The molecule has 1 aliphatic carbocycles. The summed E-state index contributed by atoms with van der Waals surface area (Å²) < 4.78 is 6.62. The Hall–Kier alpha value is -3.71. The van der Waals surface area contributed by atoms with Gasteiger partial charge in [0.15, 0.2) is 11.2 Å². The number of pyridine rings is 1. The second-order valence-corrected chi connectivity index (χ2v) is 8.11. The van der Waals surface area contributed by atoms with Crippen molar-refractivity contribution in [3.63, 3.8) is 0 Å². The predicted molar refractivity (Wildman–Crippen MR) is 113 cm³/mol. The zero-order chi connectivity index (χ0) is 21.6. The van der Waals surface area contributed by atoms with Crippen LogP contribution < -0.4 is 10.5 Å². The van der Waals surface area contributed by atoms with Crippen LogP contribution in [0.1, 0.15) is 40.3 Å². The van der Waals surface area contributed by atoms with Crippen molar-refractivity contribution in [1.29, 1.82) is 10.5 Å². The highest BCUT2D eigenvalue weighted by Gasteiger charge is 2.72. The Bertz CT molecular complexity index is 1230. The third-order valence-corrected chi connectivity index (χ3v) is 6.71. The van der Waals surface area contributed by atoms with E-state index in [0.29, 0.717) is 29.0 Å². The van der Waals surface area contributed by atoms with E-state index in [4.69, 9.17) is 10.5 Å². The van der Waals surface area contributed by atoms with Crippen LogP contribution in [0.5, 0.6) is 5.75 Å². The van der Waals surface area contributed by atoms with Gasteiger partial charge in [0, 0.05) is 24.1 Å². The van der Waals surface area contributed by atoms with Crippen LogP contribution in [-0.2, 0) is 11.2 Å². The molecule has 152 valence electrons. The molecule has 2 aliphatic rings. The molecule has 1 saturated carbocycles. The lowest BCUT2D eigenvalue weighted by molar-refractivity contribution is -0.127. The number of hydrogen-bond donors (Lipinski definition) is 2. The van der Waals surface area contributed by atoms with Crippen molar-refractivity contribution in [2.45, 2.75) is 23.5 Å². The highest BCUT2D eigenvalue weighted by molar-refractivity contribution is 5.54. The quantitative estimate of drug-likeness (QED) is 0.688. The molecule has 31 heavy (non-hydrogen) atoms. The Balaban J connectivity index is 1.80. The lowest BCUT2D eigenvalue weighted by Crippen LogP contribution is -2.51. The molecule has 0 saturated heterocycles. The summed E-state index contributed by atoms with van der Waals surface area (Å²) in [6.07, 6.45) is 2.07. The molecule has 3 N–H and O–H groups in total. The van der Waals surface area contributed by atoms with Crippen molar-refractivity contribution in [2.75, 3.05) is 6.54 Å². The van der Waals surface area contributed by atoms with E-state index in [9.17, 15) is 15.6 Å². The van der Waals surface area contributed by atoms with Crippen molar-refractivity contribution in [1.82, 2.24) is 4.98 Å². The van der Waals surface area contributed by atoms with E-state index in [1.807, 2.05) is 42.5 Å². The van der Waals surface area contributed by atoms with Crippen LogP contribution in [0.15, 0.2) is 66.9 Å². The molecule has 2 aromatic carbocycles. The van der Waals surface area contributed by atoms with Gasteiger partial charge in [0.2, 0.25) is 0 Å². The second-order valence-electron chi connectivity index (χ2n) is 8.11. The molecule has 6 heteroatoms. The first kappa shape index (κ1) is 19.3. The number of ether oxygens (including phenoxy) is 1. The second kappa shape index (κ2) is 6.92. The van der Waals surface area contributed by atoms with Gasteiger partial charge in [0.25, 0.3) is 0 Å². The molecular weight excluding hydrogens is 388 g/mol. The summed E-state index contributed by atoms with van der Waals surface area (Å²) in [5.41, 5.74) is 6.56. The fourth-order valence-corrected chi connectivity index (χ4v) is 5.35. The number of hydrogen-bond acceptors (Lipinski definition) is 6. The van der Waals surface area contributed by atoms with Crippen LogP contribution in [0.4, 0.5) is 0 Å². The van der Waals surface area contributed by atoms with E-state index >= 15 is 0 Å². The van der Waals surface area contributed by atoms with Gasteiger partial charge in [-0.05, 0) is 36.2 Å². The standard InChI is InChI=1S/C25H20N4O2/c26-12-16-6-8-19(9-7-16)25-21(18-4-2-1-3-5-18)11-20(14-28)24(25,30)23-22(31-25)10-17(13-27)15-29-23/h1-10,15,20-21,30H,11,14,28H2. The van der Waals surface area contributed by atoms with Gasteiger partial charge >= 0.3 is 0 Å². The minimum atomic E-state index is -1.49. The minimum absolute atomic E-state index is 0.208. The summed E-state index contributed by atoms with van der Waals surface area (Å²) in [5, 5.41) is 31.0. The molecule has 1 fully saturated rings. The van der Waals surface area contributed by atoms with E-state index in [1.54, 1.807) is 18.2 Å². The van der Waals surface area contributed by atoms with Gasteiger partial charge in [-0.25, -0.2) is 0 Å². The first-order valence-electron chi connectivity index (χ1n) is 10.2. The van der Waals surface area contributed by atoms with Crippen LogP contribution >= 0.6 is 0 Å². The Morgan fingerprint density at radius 1 is 1.06 bits per heavy atom. The summed E-state index contributed by atoms with van der Waals surface area (Å²) in [6.45, 7) is 0.252. The molecule has 1 aromatic heterocycles. The highest BCUT2D eigenvalue weighted by atomic mass is 16.5. The average Bonchev–Trinajstić information content (AvgIpc) is 3.24. The third-order valence-electron chi connectivity index (χ3n) is 6.71. The molecule has 0 amide bonds. The van der Waals surface area contributed by atoms with E-state index in [0.717, 1.165) is 11.1 Å². The van der Waals surface area contributed by atoms with Crippen molar-refractivity contribution < 1.29 is 9.84 Å². The molecule has 4 unspecified atom stereocenters. The molecular formula is C25H20N4O2. The van der Waals surface area contributed by atoms with Gasteiger partial charge in [-0.15, -0.1) is 0 Å². The first-order chi connectivity index (χ1) is 15.1. The van der Waals surface area contributed by atoms with Crippen LogP contribution in [0, 0.1) is 28.6 Å². The molecule has 2 heterocycles. The summed E-state index contributed by atoms with van der Waals surface area (Å²) in [6, 6.07) is 22.9. The van der Waals surface area contributed by atoms with Crippen LogP contribution in [0.2, 0.25) is 0 Å². The molecule has 0 radical (unpaired) electrons. The SMILES string of the molecule is N#Cc1ccc(C23Oc4cc(C#N)cnc4C2(O)C(CN)CC3c2ccccc2)cc1. The van der Waals surface area contributed by atoms with Gasteiger partial charge in [0.1, 0.15) is 17.5 Å². The zero-order valence-electron chi connectivity index (χ0n) is 16.7. The Kier molecular flexibility index (Phi) is 4.30. The van der Waals surface area contributed by atoms with Crippen LogP contribution in [-0.4, -0.2) is 16.6 Å². The third kappa shape index (κ3) is 2.47. The fourth-order valence-electron chi connectivity index (χ4n) is 5.35. The minimum Gasteiger partial charge on any atom is -0.476 e. The Morgan fingerprint density at radius 3 is 2.42 bits per heavy atom. The van der Waals surface area contributed by atoms with E-state index in [-0.39, 0.29) is 18.4 Å². The number of nitrogens with zero attached hydrogens (tertiary/aromatic N) is 3. The number of aromatic nitrogens is 1. The van der Waals surface area contributed by atoms with Gasteiger partial charge in [-0.2, -0.15) is 10.5 Å². The summed E-state index contributed by atoms with van der Waals surface area (Å²) in [4.78, 5) is 4.47. The maximum atomic E-state index is 12.4. The summed E-state index contributed by atoms with van der Waals surface area (Å²) in [5.74, 6) is -0.125. The van der Waals surface area contributed by atoms with Crippen molar-refractivity contribution >= 4 is 0 Å². The molecule has 1 aliphatic heterocycles. The van der Waals surface area contributed by atoms with E-state index < -0.39 is 11.2 Å². The number of benzene rings is 2. The summed E-state index contributed by atoms with van der Waals surface area (Å²) >= 11 is 0. The monoisotopic (exact) mass is 408 g/mol. The van der Waals surface area contributed by atoms with E-state index in [1.165, 1.54) is 6.20 Å². The number of nitriles is 2. The Morgan fingerprint density at radius 2 is 1.77 bits per heavy atom. The number of nitrogens with two attached hydrogens (primary N) is 1.